The zero-order chi connectivity index (χ0) is 29.1. The van der Waals surface area contributed by atoms with Gasteiger partial charge in [-0.05, 0) is 51.6 Å². The van der Waals surface area contributed by atoms with E-state index in [1.807, 2.05) is 30.5 Å². The molecule has 0 saturated carbocycles. The Labute approximate surface area is 255 Å². The van der Waals surface area contributed by atoms with Crippen molar-refractivity contribution < 1.29 is 0 Å². The van der Waals surface area contributed by atoms with Crippen molar-refractivity contribution in [2.75, 3.05) is 0 Å². The van der Waals surface area contributed by atoms with Crippen molar-refractivity contribution in [2.24, 2.45) is 0 Å². The number of benzene rings is 6. The molecular weight excluding hydrogens is 534 g/mol. The first kappa shape index (κ1) is 24.8. The molecule has 8 aromatic rings. The SMILES string of the molecule is c1ccc(-c2ccnc(-n3c4ccccc4c4ccc(C5(c6ccccc6)c6ccccc6-c6ccccc65)cc43)n2)cc1. The molecule has 2 aromatic heterocycles. The first-order valence-electron chi connectivity index (χ1n) is 15.0. The minimum Gasteiger partial charge on any atom is -0.278 e. The van der Waals surface area contributed by atoms with Crippen LogP contribution in [0.5, 0.6) is 0 Å². The second kappa shape index (κ2) is 9.62. The van der Waals surface area contributed by atoms with Gasteiger partial charge in [-0.15, -0.1) is 0 Å². The van der Waals surface area contributed by atoms with E-state index in [9.17, 15) is 0 Å². The highest BCUT2D eigenvalue weighted by Crippen LogP contribution is 2.56. The molecule has 206 valence electrons. The Morgan fingerprint density at radius 2 is 1.09 bits per heavy atom. The van der Waals surface area contributed by atoms with Crippen LogP contribution in [0.25, 0.3) is 50.1 Å². The van der Waals surface area contributed by atoms with Gasteiger partial charge in [-0.1, -0.05) is 140 Å². The maximum Gasteiger partial charge on any atom is 0.235 e. The number of nitrogens with zero attached hydrogens (tertiary/aromatic N) is 3. The lowest BCUT2D eigenvalue weighted by Gasteiger charge is -2.34. The molecule has 0 amide bonds. The lowest BCUT2D eigenvalue weighted by atomic mass is 9.67. The lowest BCUT2D eigenvalue weighted by molar-refractivity contribution is 0.769. The van der Waals surface area contributed by atoms with E-state index in [1.165, 1.54) is 44.2 Å². The molecule has 0 atom stereocenters. The number of fused-ring (bicyclic) bond motifs is 6. The molecule has 1 aliphatic rings. The summed E-state index contributed by atoms with van der Waals surface area (Å²) in [5.41, 5.74) is 11.3. The summed E-state index contributed by atoms with van der Waals surface area (Å²) in [6.45, 7) is 0. The molecule has 0 saturated heterocycles. The molecule has 1 aliphatic carbocycles. The molecule has 0 radical (unpaired) electrons. The van der Waals surface area contributed by atoms with Crippen molar-refractivity contribution in [3.05, 3.63) is 186 Å². The summed E-state index contributed by atoms with van der Waals surface area (Å²) in [6.07, 6.45) is 1.87. The number of hydrogen-bond acceptors (Lipinski definition) is 2. The van der Waals surface area contributed by atoms with Crippen LogP contribution < -0.4 is 0 Å². The van der Waals surface area contributed by atoms with Gasteiger partial charge in [0.25, 0.3) is 0 Å². The van der Waals surface area contributed by atoms with Crippen LogP contribution in [0.1, 0.15) is 22.3 Å². The largest absolute Gasteiger partial charge is 0.278 e. The fourth-order valence-corrected chi connectivity index (χ4v) is 7.36. The highest BCUT2D eigenvalue weighted by atomic mass is 15.2. The molecule has 3 heteroatoms. The maximum atomic E-state index is 5.11. The van der Waals surface area contributed by atoms with Crippen molar-refractivity contribution in [3.63, 3.8) is 0 Å². The van der Waals surface area contributed by atoms with E-state index < -0.39 is 5.41 Å². The van der Waals surface area contributed by atoms with Gasteiger partial charge in [0, 0.05) is 22.5 Å². The number of para-hydroxylation sites is 1. The molecule has 9 rings (SSSR count). The second-order valence-electron chi connectivity index (χ2n) is 11.4. The van der Waals surface area contributed by atoms with Crippen LogP contribution in [0.2, 0.25) is 0 Å². The van der Waals surface area contributed by atoms with Crippen LogP contribution in [0.4, 0.5) is 0 Å². The molecule has 3 nitrogen and oxygen atoms in total. The molecule has 2 heterocycles. The maximum absolute atomic E-state index is 5.11. The average Bonchev–Trinajstić information content (AvgIpc) is 3.60. The van der Waals surface area contributed by atoms with E-state index in [0.717, 1.165) is 22.3 Å². The molecule has 0 unspecified atom stereocenters. The summed E-state index contributed by atoms with van der Waals surface area (Å²) >= 11 is 0. The number of rotatable bonds is 4. The van der Waals surface area contributed by atoms with Crippen LogP contribution in [-0.4, -0.2) is 14.5 Å². The molecule has 0 N–H and O–H groups in total. The lowest BCUT2D eigenvalue weighted by Crippen LogP contribution is -2.28. The van der Waals surface area contributed by atoms with Crippen LogP contribution in [0, 0.1) is 0 Å². The fraction of sp³-hybridized carbons (Fsp3) is 0.0244. The molecule has 44 heavy (non-hydrogen) atoms. The van der Waals surface area contributed by atoms with E-state index in [0.29, 0.717) is 5.95 Å². The highest BCUT2D eigenvalue weighted by molar-refractivity contribution is 6.09. The Morgan fingerprint density at radius 3 is 1.84 bits per heavy atom. The standard InChI is InChI=1S/C41H27N3/c1-3-13-28(14-4-1)37-25-26-42-40(43-37)44-38-22-12-9-19-33(38)34-24-23-30(27-39(34)44)41(29-15-5-2-6-16-29)35-20-10-7-17-31(35)32-18-8-11-21-36(32)41/h1-27H. The van der Waals surface area contributed by atoms with Gasteiger partial charge in [-0.25, -0.2) is 9.97 Å². The zero-order valence-corrected chi connectivity index (χ0v) is 23.9. The summed E-state index contributed by atoms with van der Waals surface area (Å²) < 4.78 is 2.23. The third-order valence-electron chi connectivity index (χ3n) is 9.18. The van der Waals surface area contributed by atoms with Gasteiger partial charge < -0.3 is 0 Å². The molecule has 0 spiro atoms. The predicted molar refractivity (Wildman–Crippen MR) is 179 cm³/mol. The fourth-order valence-electron chi connectivity index (χ4n) is 7.36. The van der Waals surface area contributed by atoms with Crippen LogP contribution in [0.15, 0.2) is 164 Å². The van der Waals surface area contributed by atoms with Crippen molar-refractivity contribution in [3.8, 4) is 28.3 Å². The minimum absolute atomic E-state index is 0.476. The summed E-state index contributed by atoms with van der Waals surface area (Å²) in [5, 5.41) is 2.37. The first-order chi connectivity index (χ1) is 21.8. The summed E-state index contributed by atoms with van der Waals surface area (Å²) in [6, 6.07) is 56.5. The number of hydrogen-bond donors (Lipinski definition) is 0. The Kier molecular flexibility index (Phi) is 5.41. The zero-order valence-electron chi connectivity index (χ0n) is 23.9. The van der Waals surface area contributed by atoms with Gasteiger partial charge in [0.2, 0.25) is 5.95 Å². The molecule has 0 aliphatic heterocycles. The van der Waals surface area contributed by atoms with Gasteiger partial charge in [0.1, 0.15) is 0 Å². The number of aromatic nitrogens is 3. The van der Waals surface area contributed by atoms with Crippen molar-refractivity contribution >= 4 is 21.8 Å². The molecule has 0 bridgehead atoms. The van der Waals surface area contributed by atoms with E-state index in [2.05, 4.69) is 138 Å². The monoisotopic (exact) mass is 561 g/mol. The molecular formula is C41H27N3. The average molecular weight is 562 g/mol. The van der Waals surface area contributed by atoms with Gasteiger partial charge in [-0.3, -0.25) is 4.57 Å². The van der Waals surface area contributed by atoms with Gasteiger partial charge >= 0.3 is 0 Å². The summed E-state index contributed by atoms with van der Waals surface area (Å²) in [7, 11) is 0. The summed E-state index contributed by atoms with van der Waals surface area (Å²) in [5.74, 6) is 0.663. The van der Waals surface area contributed by atoms with Crippen molar-refractivity contribution in [1.82, 2.24) is 14.5 Å². The van der Waals surface area contributed by atoms with Crippen molar-refractivity contribution in [1.29, 1.82) is 0 Å². The van der Waals surface area contributed by atoms with E-state index in [-0.39, 0.29) is 0 Å². The Bertz CT molecular complexity index is 2290. The summed E-state index contributed by atoms with van der Waals surface area (Å²) in [4.78, 5) is 9.95. The Balaban J connectivity index is 1.38. The van der Waals surface area contributed by atoms with Gasteiger partial charge in [-0.2, -0.15) is 0 Å². The Hall–Kier alpha value is -5.80. The normalized spacial score (nSPS) is 13.2. The first-order valence-corrected chi connectivity index (χ1v) is 15.0. The predicted octanol–water partition coefficient (Wildman–Crippen LogP) is 9.60. The Morgan fingerprint density at radius 1 is 0.477 bits per heavy atom. The molecule has 0 fully saturated rings. The van der Waals surface area contributed by atoms with Gasteiger partial charge in [0.15, 0.2) is 0 Å². The van der Waals surface area contributed by atoms with E-state index >= 15 is 0 Å². The second-order valence-corrected chi connectivity index (χ2v) is 11.4. The van der Waals surface area contributed by atoms with E-state index in [1.54, 1.807) is 0 Å². The third kappa shape index (κ3) is 3.44. The van der Waals surface area contributed by atoms with Crippen LogP contribution in [-0.2, 0) is 5.41 Å². The van der Waals surface area contributed by atoms with Crippen LogP contribution in [0.3, 0.4) is 0 Å². The topological polar surface area (TPSA) is 30.7 Å². The van der Waals surface area contributed by atoms with Gasteiger partial charge in [0.05, 0.1) is 22.1 Å². The molecule has 6 aromatic carbocycles. The van der Waals surface area contributed by atoms with Crippen molar-refractivity contribution in [2.45, 2.75) is 5.41 Å². The quantitative estimate of drug-likeness (QED) is 0.214. The third-order valence-corrected chi connectivity index (χ3v) is 9.18. The minimum atomic E-state index is -0.476. The smallest absolute Gasteiger partial charge is 0.235 e. The van der Waals surface area contributed by atoms with Crippen LogP contribution >= 0.6 is 0 Å². The highest BCUT2D eigenvalue weighted by Gasteiger charge is 2.46. The van der Waals surface area contributed by atoms with E-state index in [4.69, 9.17) is 9.97 Å².